The highest BCUT2D eigenvalue weighted by molar-refractivity contribution is 5.78. The first-order chi connectivity index (χ1) is 8.71. The molecule has 2 rings (SSSR count). The Hall–Kier alpha value is -2.17. The van der Waals surface area contributed by atoms with Gasteiger partial charge >= 0.3 is 0 Å². The van der Waals surface area contributed by atoms with Crippen molar-refractivity contribution < 1.29 is 9.47 Å². The quantitative estimate of drug-likeness (QED) is 0.869. The first kappa shape index (κ1) is 12.3. The molecule has 5 nitrogen and oxygen atoms in total. The molecule has 0 saturated carbocycles. The maximum absolute atomic E-state index is 5.88. The number of H-pyrrole nitrogens is 1. The highest BCUT2D eigenvalue weighted by Gasteiger charge is 2.15. The van der Waals surface area contributed by atoms with Crippen LogP contribution in [-0.2, 0) is 6.42 Å². The van der Waals surface area contributed by atoms with E-state index < -0.39 is 0 Å². The third kappa shape index (κ3) is 1.99. The molecule has 0 spiro atoms. The van der Waals surface area contributed by atoms with Crippen molar-refractivity contribution in [2.75, 3.05) is 20.0 Å². The van der Waals surface area contributed by atoms with Crippen molar-refractivity contribution in [1.29, 1.82) is 0 Å². The summed E-state index contributed by atoms with van der Waals surface area (Å²) in [5, 5.41) is 6.69. The van der Waals surface area contributed by atoms with Gasteiger partial charge in [-0.2, -0.15) is 5.10 Å². The molecule has 0 aliphatic heterocycles. The molecule has 0 saturated heterocycles. The van der Waals surface area contributed by atoms with Gasteiger partial charge in [0.05, 0.1) is 20.4 Å². The lowest BCUT2D eigenvalue weighted by Crippen LogP contribution is -1.97. The number of hydrogen-bond donors (Lipinski definition) is 2. The summed E-state index contributed by atoms with van der Waals surface area (Å²) in [6, 6.07) is 3.82. The van der Waals surface area contributed by atoms with Gasteiger partial charge in [-0.3, -0.25) is 5.10 Å². The fraction of sp³-hybridized carbons (Fsp3) is 0.308. The van der Waals surface area contributed by atoms with E-state index in [2.05, 4.69) is 17.1 Å². The monoisotopic (exact) mass is 247 g/mol. The van der Waals surface area contributed by atoms with Gasteiger partial charge in [-0.25, -0.2) is 0 Å². The number of aromatic nitrogens is 2. The lowest BCUT2D eigenvalue weighted by molar-refractivity contribution is 0.392. The van der Waals surface area contributed by atoms with E-state index in [0.29, 0.717) is 5.82 Å². The van der Waals surface area contributed by atoms with Crippen molar-refractivity contribution in [3.63, 3.8) is 0 Å². The van der Waals surface area contributed by atoms with Crippen LogP contribution in [0.15, 0.2) is 18.3 Å². The minimum Gasteiger partial charge on any atom is -0.497 e. The van der Waals surface area contributed by atoms with Gasteiger partial charge < -0.3 is 15.2 Å². The van der Waals surface area contributed by atoms with Crippen LogP contribution in [0.2, 0.25) is 0 Å². The first-order valence-corrected chi connectivity index (χ1v) is 5.75. The van der Waals surface area contributed by atoms with Gasteiger partial charge in [0.1, 0.15) is 17.3 Å². The minimum atomic E-state index is 0.542. The number of methoxy groups -OCH3 is 2. The summed E-state index contributed by atoms with van der Waals surface area (Å²) in [4.78, 5) is 0. The summed E-state index contributed by atoms with van der Waals surface area (Å²) in [5.74, 6) is 2.08. The van der Waals surface area contributed by atoms with Gasteiger partial charge in [0.15, 0.2) is 0 Å². The summed E-state index contributed by atoms with van der Waals surface area (Å²) in [6.07, 6.45) is 2.55. The van der Waals surface area contributed by atoms with Crippen LogP contribution in [-0.4, -0.2) is 24.4 Å². The van der Waals surface area contributed by atoms with Crippen molar-refractivity contribution in [2.24, 2.45) is 0 Å². The Morgan fingerprint density at radius 3 is 2.50 bits per heavy atom. The van der Waals surface area contributed by atoms with E-state index in [1.54, 1.807) is 20.4 Å². The van der Waals surface area contributed by atoms with Gasteiger partial charge in [-0.05, 0) is 18.1 Å². The molecule has 0 amide bonds. The zero-order chi connectivity index (χ0) is 13.1. The molecule has 0 bridgehead atoms. The van der Waals surface area contributed by atoms with Crippen LogP contribution in [0.3, 0.4) is 0 Å². The number of benzene rings is 1. The number of rotatable bonds is 4. The van der Waals surface area contributed by atoms with E-state index in [0.717, 1.165) is 34.6 Å². The fourth-order valence-electron chi connectivity index (χ4n) is 2.04. The average molecular weight is 247 g/mol. The van der Waals surface area contributed by atoms with Crippen molar-refractivity contribution in [1.82, 2.24) is 10.2 Å². The highest BCUT2D eigenvalue weighted by Crippen LogP contribution is 2.37. The topological polar surface area (TPSA) is 73.2 Å². The number of nitrogens with zero attached hydrogens (tertiary/aromatic N) is 1. The van der Waals surface area contributed by atoms with Gasteiger partial charge in [0.25, 0.3) is 0 Å². The van der Waals surface area contributed by atoms with Crippen molar-refractivity contribution in [3.05, 3.63) is 23.9 Å². The molecular weight excluding hydrogens is 230 g/mol. The number of nitrogens with one attached hydrogen (secondary N) is 1. The highest BCUT2D eigenvalue weighted by atomic mass is 16.5. The molecule has 0 atom stereocenters. The fourth-order valence-corrected chi connectivity index (χ4v) is 2.04. The van der Waals surface area contributed by atoms with Crippen molar-refractivity contribution >= 4 is 5.82 Å². The van der Waals surface area contributed by atoms with Crippen LogP contribution in [0.4, 0.5) is 5.82 Å². The Kier molecular flexibility index (Phi) is 3.41. The smallest absolute Gasteiger partial charge is 0.126 e. The standard InChI is InChI=1S/C13H17N3O2/c1-4-9-10(11-7-15-16-13(11)14)5-8(17-2)6-12(9)18-3/h5-7H,4H2,1-3H3,(H3,14,15,16). The normalized spacial score (nSPS) is 10.4. The summed E-state index contributed by atoms with van der Waals surface area (Å²) in [7, 11) is 3.28. The Bertz CT molecular complexity index is 549. The van der Waals surface area contributed by atoms with E-state index in [9.17, 15) is 0 Å². The lowest BCUT2D eigenvalue weighted by atomic mass is 9.98. The number of aromatic amines is 1. The van der Waals surface area contributed by atoms with Crippen molar-refractivity contribution in [3.8, 4) is 22.6 Å². The summed E-state index contributed by atoms with van der Waals surface area (Å²) in [6.45, 7) is 2.07. The second kappa shape index (κ2) is 5.00. The van der Waals surface area contributed by atoms with Crippen LogP contribution in [0.5, 0.6) is 11.5 Å². The maximum atomic E-state index is 5.88. The van der Waals surface area contributed by atoms with Crippen LogP contribution >= 0.6 is 0 Å². The minimum absolute atomic E-state index is 0.542. The Labute approximate surface area is 106 Å². The van der Waals surface area contributed by atoms with E-state index in [1.807, 2.05) is 12.1 Å². The first-order valence-electron chi connectivity index (χ1n) is 5.75. The van der Waals surface area contributed by atoms with Crippen LogP contribution in [0.25, 0.3) is 11.1 Å². The molecule has 0 unspecified atom stereocenters. The second-order valence-electron chi connectivity index (χ2n) is 3.91. The van der Waals surface area contributed by atoms with Crippen molar-refractivity contribution in [2.45, 2.75) is 13.3 Å². The average Bonchev–Trinajstić information content (AvgIpc) is 2.83. The third-order valence-electron chi connectivity index (χ3n) is 2.95. The molecule has 5 heteroatoms. The molecule has 0 radical (unpaired) electrons. The SMILES string of the molecule is CCc1c(OC)cc(OC)cc1-c1cn[nH]c1N. The largest absolute Gasteiger partial charge is 0.497 e. The van der Waals surface area contributed by atoms with E-state index in [-0.39, 0.29) is 0 Å². The summed E-state index contributed by atoms with van der Waals surface area (Å²) in [5.41, 5.74) is 8.82. The Morgan fingerprint density at radius 1 is 1.22 bits per heavy atom. The zero-order valence-corrected chi connectivity index (χ0v) is 10.8. The van der Waals surface area contributed by atoms with Crippen LogP contribution in [0, 0.1) is 0 Å². The van der Waals surface area contributed by atoms with Gasteiger partial charge in [0.2, 0.25) is 0 Å². The Balaban J connectivity index is 2.67. The molecule has 1 aromatic carbocycles. The molecule has 1 aromatic heterocycles. The van der Waals surface area contributed by atoms with Gasteiger partial charge in [0, 0.05) is 17.2 Å². The number of nitrogens with two attached hydrogens (primary N) is 1. The Morgan fingerprint density at radius 2 is 2.00 bits per heavy atom. The molecular formula is C13H17N3O2. The van der Waals surface area contributed by atoms with Gasteiger partial charge in [-0.15, -0.1) is 0 Å². The molecule has 2 aromatic rings. The number of nitrogen functional groups attached to an aromatic ring is 1. The molecule has 0 aliphatic rings. The number of ether oxygens (including phenoxy) is 2. The van der Waals surface area contributed by atoms with E-state index in [1.165, 1.54) is 0 Å². The molecule has 18 heavy (non-hydrogen) atoms. The number of hydrogen-bond acceptors (Lipinski definition) is 4. The summed E-state index contributed by atoms with van der Waals surface area (Å²) >= 11 is 0. The molecule has 0 fully saturated rings. The molecule has 1 heterocycles. The van der Waals surface area contributed by atoms with Crippen LogP contribution in [0.1, 0.15) is 12.5 Å². The van der Waals surface area contributed by atoms with E-state index >= 15 is 0 Å². The van der Waals surface area contributed by atoms with Crippen LogP contribution < -0.4 is 15.2 Å². The predicted octanol–water partition coefficient (Wildman–Crippen LogP) is 2.24. The number of anilines is 1. The molecule has 0 aliphatic carbocycles. The predicted molar refractivity (Wildman–Crippen MR) is 70.9 cm³/mol. The third-order valence-corrected chi connectivity index (χ3v) is 2.95. The summed E-state index contributed by atoms with van der Waals surface area (Å²) < 4.78 is 10.7. The van der Waals surface area contributed by atoms with E-state index in [4.69, 9.17) is 15.2 Å². The second-order valence-corrected chi connectivity index (χ2v) is 3.91. The molecule has 3 N–H and O–H groups in total. The maximum Gasteiger partial charge on any atom is 0.126 e. The van der Waals surface area contributed by atoms with Gasteiger partial charge in [-0.1, -0.05) is 6.92 Å². The molecule has 96 valence electrons. The zero-order valence-electron chi connectivity index (χ0n) is 10.8. The lowest BCUT2D eigenvalue weighted by Gasteiger charge is -2.14.